The quantitative estimate of drug-likeness (QED) is 0.180. The van der Waals surface area contributed by atoms with E-state index in [2.05, 4.69) is 170 Å². The van der Waals surface area contributed by atoms with Gasteiger partial charge in [0, 0.05) is 21.5 Å². The summed E-state index contributed by atoms with van der Waals surface area (Å²) in [5.41, 5.74) is 10.6. The van der Waals surface area contributed by atoms with E-state index in [1.165, 1.54) is 54.4 Å². The first-order chi connectivity index (χ1) is 24.8. The van der Waals surface area contributed by atoms with Crippen molar-refractivity contribution in [2.75, 3.05) is 0 Å². The molecule has 0 saturated carbocycles. The first-order valence-electron chi connectivity index (χ1n) is 17.1. The Labute approximate surface area is 287 Å². The van der Waals surface area contributed by atoms with Crippen LogP contribution in [0, 0.1) is 0 Å². The van der Waals surface area contributed by atoms with Crippen molar-refractivity contribution in [3.05, 3.63) is 170 Å². The Morgan fingerprint density at radius 1 is 0.260 bits per heavy atom. The van der Waals surface area contributed by atoms with Gasteiger partial charge >= 0.3 is 0 Å². The first kappa shape index (κ1) is 27.3. The van der Waals surface area contributed by atoms with Crippen LogP contribution in [0.2, 0.25) is 0 Å². The molecular weight excluding hydrogens is 609 g/mol. The molecule has 0 aliphatic rings. The summed E-state index contributed by atoms with van der Waals surface area (Å²) < 4.78 is 13.0. The molecular formula is C48H28O2. The van der Waals surface area contributed by atoms with E-state index in [0.717, 1.165) is 55.2 Å². The fraction of sp³-hybridized carbons (Fsp3) is 0. The van der Waals surface area contributed by atoms with Gasteiger partial charge in [-0.2, -0.15) is 0 Å². The van der Waals surface area contributed by atoms with Crippen LogP contribution in [0.3, 0.4) is 0 Å². The second-order valence-electron chi connectivity index (χ2n) is 13.2. The molecule has 2 nitrogen and oxygen atoms in total. The fourth-order valence-electron chi connectivity index (χ4n) is 8.19. The predicted molar refractivity (Wildman–Crippen MR) is 210 cm³/mol. The summed E-state index contributed by atoms with van der Waals surface area (Å²) in [6, 6.07) is 60.8. The molecule has 232 valence electrons. The predicted octanol–water partition coefficient (Wildman–Crippen LogP) is 13.9. The van der Waals surface area contributed by atoms with Crippen LogP contribution in [0.5, 0.6) is 0 Å². The first-order valence-corrected chi connectivity index (χ1v) is 17.1. The smallest absolute Gasteiger partial charge is 0.136 e. The van der Waals surface area contributed by atoms with Crippen molar-refractivity contribution in [2.45, 2.75) is 0 Å². The Hall–Kier alpha value is -6.64. The zero-order valence-corrected chi connectivity index (χ0v) is 27.0. The van der Waals surface area contributed by atoms with E-state index < -0.39 is 0 Å². The largest absolute Gasteiger partial charge is 0.456 e. The second kappa shape index (κ2) is 10.4. The molecule has 0 N–H and O–H groups in total. The molecule has 9 aromatic carbocycles. The maximum absolute atomic E-state index is 6.65. The lowest BCUT2D eigenvalue weighted by Crippen LogP contribution is -1.90. The number of benzene rings is 9. The SMILES string of the molecule is c1ccc(-c2c3ccccc3c(-c3ccc4c(c3)oc3cc(-c5ccc6c(c5)oc5ccc7ccccc7c56)ccc34)c3ccccc23)cc1. The van der Waals surface area contributed by atoms with Crippen LogP contribution in [-0.2, 0) is 0 Å². The van der Waals surface area contributed by atoms with Gasteiger partial charge in [0.05, 0.1) is 0 Å². The molecule has 0 saturated heterocycles. The molecule has 0 unspecified atom stereocenters. The molecule has 0 fully saturated rings. The van der Waals surface area contributed by atoms with Crippen LogP contribution in [0.25, 0.3) is 110 Å². The molecule has 0 radical (unpaired) electrons. The minimum absolute atomic E-state index is 0.875. The number of hydrogen-bond acceptors (Lipinski definition) is 2. The van der Waals surface area contributed by atoms with Crippen molar-refractivity contribution in [1.29, 1.82) is 0 Å². The lowest BCUT2D eigenvalue weighted by molar-refractivity contribution is 0.668. The van der Waals surface area contributed by atoms with Gasteiger partial charge in [0.2, 0.25) is 0 Å². The standard InChI is InChI=1S/C48H28O2/c1-2-11-30(12-3-1)46-37-14-6-8-16-39(37)47(40-17-9-7-15-38(40)46)33-20-23-36-35-22-18-31(26-43(35)50-44(36)28-33)32-19-24-41-45(27-32)49-42-25-21-29-10-4-5-13-34(29)48(41)42/h1-28H. The zero-order chi connectivity index (χ0) is 32.8. The number of fused-ring (bicyclic) bond motifs is 10. The highest BCUT2D eigenvalue weighted by atomic mass is 16.3. The average Bonchev–Trinajstić information content (AvgIpc) is 3.74. The van der Waals surface area contributed by atoms with E-state index in [1.54, 1.807) is 0 Å². The molecule has 2 heteroatoms. The summed E-state index contributed by atoms with van der Waals surface area (Å²) in [4.78, 5) is 0. The van der Waals surface area contributed by atoms with Crippen molar-refractivity contribution < 1.29 is 8.83 Å². The summed E-state index contributed by atoms with van der Waals surface area (Å²) in [6.45, 7) is 0. The van der Waals surface area contributed by atoms with Crippen LogP contribution < -0.4 is 0 Å². The summed E-state index contributed by atoms with van der Waals surface area (Å²) in [5, 5.41) is 11.9. The molecule has 0 aliphatic heterocycles. The Morgan fingerprint density at radius 3 is 1.36 bits per heavy atom. The molecule has 0 spiro atoms. The number of rotatable bonds is 3. The summed E-state index contributed by atoms with van der Waals surface area (Å²) in [6.07, 6.45) is 0. The maximum Gasteiger partial charge on any atom is 0.136 e. The van der Waals surface area contributed by atoms with Gasteiger partial charge in [-0.1, -0.05) is 127 Å². The van der Waals surface area contributed by atoms with Crippen molar-refractivity contribution in [3.63, 3.8) is 0 Å². The summed E-state index contributed by atoms with van der Waals surface area (Å²) in [7, 11) is 0. The molecule has 0 amide bonds. The lowest BCUT2D eigenvalue weighted by atomic mass is 9.86. The third kappa shape index (κ3) is 3.96. The van der Waals surface area contributed by atoms with Gasteiger partial charge in [-0.25, -0.2) is 0 Å². The average molecular weight is 637 g/mol. The minimum atomic E-state index is 0.875. The molecule has 0 aliphatic carbocycles. The molecule has 0 bridgehead atoms. The topological polar surface area (TPSA) is 26.3 Å². The van der Waals surface area contributed by atoms with Crippen LogP contribution >= 0.6 is 0 Å². The molecule has 2 aromatic heterocycles. The van der Waals surface area contributed by atoms with E-state index in [1.807, 2.05) is 0 Å². The second-order valence-corrected chi connectivity index (χ2v) is 13.2. The normalized spacial score (nSPS) is 12.0. The Bertz CT molecular complexity index is 3080. The van der Waals surface area contributed by atoms with Crippen LogP contribution in [0.1, 0.15) is 0 Å². The monoisotopic (exact) mass is 636 g/mol. The highest BCUT2D eigenvalue weighted by Crippen LogP contribution is 2.45. The third-order valence-corrected chi connectivity index (χ3v) is 10.5. The van der Waals surface area contributed by atoms with Crippen molar-refractivity contribution in [2.24, 2.45) is 0 Å². The van der Waals surface area contributed by atoms with Gasteiger partial charge in [0.15, 0.2) is 0 Å². The Kier molecular flexibility index (Phi) is 5.70. The lowest BCUT2D eigenvalue weighted by Gasteiger charge is -2.17. The highest BCUT2D eigenvalue weighted by molar-refractivity contribution is 6.22. The maximum atomic E-state index is 6.65. The Morgan fingerprint density at radius 2 is 0.720 bits per heavy atom. The summed E-state index contributed by atoms with van der Waals surface area (Å²) in [5.74, 6) is 0. The van der Waals surface area contributed by atoms with Crippen molar-refractivity contribution >= 4 is 76.2 Å². The highest BCUT2D eigenvalue weighted by Gasteiger charge is 2.18. The fourth-order valence-corrected chi connectivity index (χ4v) is 8.19. The minimum Gasteiger partial charge on any atom is -0.456 e. The molecule has 11 aromatic rings. The van der Waals surface area contributed by atoms with E-state index in [0.29, 0.717) is 0 Å². The molecule has 0 atom stereocenters. The van der Waals surface area contributed by atoms with Crippen molar-refractivity contribution in [3.8, 4) is 33.4 Å². The van der Waals surface area contributed by atoms with Gasteiger partial charge in [-0.15, -0.1) is 0 Å². The third-order valence-electron chi connectivity index (χ3n) is 10.5. The van der Waals surface area contributed by atoms with Gasteiger partial charge < -0.3 is 8.83 Å². The Balaban J connectivity index is 1.06. The molecule has 50 heavy (non-hydrogen) atoms. The van der Waals surface area contributed by atoms with E-state index in [-0.39, 0.29) is 0 Å². The van der Waals surface area contributed by atoms with Crippen molar-refractivity contribution in [1.82, 2.24) is 0 Å². The van der Waals surface area contributed by atoms with Crippen LogP contribution in [-0.4, -0.2) is 0 Å². The zero-order valence-electron chi connectivity index (χ0n) is 27.0. The van der Waals surface area contributed by atoms with Gasteiger partial charge in [-0.05, 0) is 108 Å². The number of hydrogen-bond donors (Lipinski definition) is 0. The van der Waals surface area contributed by atoms with Gasteiger partial charge in [0.25, 0.3) is 0 Å². The van der Waals surface area contributed by atoms with Gasteiger partial charge in [0.1, 0.15) is 22.3 Å². The molecule has 11 rings (SSSR count). The summed E-state index contributed by atoms with van der Waals surface area (Å²) >= 11 is 0. The van der Waals surface area contributed by atoms with E-state index >= 15 is 0 Å². The van der Waals surface area contributed by atoms with Crippen LogP contribution in [0.4, 0.5) is 0 Å². The van der Waals surface area contributed by atoms with E-state index in [4.69, 9.17) is 8.83 Å². The molecule has 2 heterocycles. The van der Waals surface area contributed by atoms with Gasteiger partial charge in [-0.3, -0.25) is 0 Å². The van der Waals surface area contributed by atoms with Crippen LogP contribution in [0.15, 0.2) is 179 Å². The van der Waals surface area contributed by atoms with E-state index in [9.17, 15) is 0 Å². The number of furan rings is 2.